The summed E-state index contributed by atoms with van der Waals surface area (Å²) in [6, 6.07) is 79.5. The van der Waals surface area contributed by atoms with Gasteiger partial charge in [-0.1, -0.05) is 115 Å². The standard InChI is InChI=1S/C24H26N2O3S.C22H20N2O3.C16H14N4O2.C16H17NO4.C15H15N3O6S.C14H13NO3/c1-3-29-20-12-5-4-11-19(20)26-23(27)22-18-10-7-13-21(18)30-24(22)25-15-16-8-6-9-17(14-16)28-2;25-21(18-10-5-2-6-11-18)24-20(16-19-12-7-15-27-19)22(26)23-14-13-17-8-3-1-4-9-17;1-11(15-8-5-9-22-15)17-20-16(21)14-10-13(18-19-14)12-6-3-2-4-7-12;1-11-4-5-12(21-11)7-9-16(18)17-14-10-13(19-2)6-8-15(14)20-3;19-15(18-16-9-11-2-1-5-22-11)10-17-25(20,21)12-3-4-13-14(8-12)24-7-6-23-13;1-17-13-7-3-2-6-12(13)15-14(16)9-8-11-5-4-10-18-11/h4-6,8-9,11-12,14,25H,3,7,10,13,15H2,1-2H3,(H,26,27);1-12,15-16H,13-14H2,(H,23,26)(H,24,25);2-10H,1H3,(H,18,19)(H,20,21);4-10H,1-3H3,(H,17,18);1-5,8-9,17H,6-7,10H2,(H,18,19);2-10H,1H3,(H,15,16)/b;20-16+;17-11+;9-7+;16-9+;9-8-. The molecule has 8 heterocycles. The van der Waals surface area contributed by atoms with Gasteiger partial charge in [-0.15, -0.1) is 11.3 Å². The lowest BCUT2D eigenvalue weighted by atomic mass is 10.1. The summed E-state index contributed by atoms with van der Waals surface area (Å²) in [4.78, 5) is 86.9. The van der Waals surface area contributed by atoms with Crippen LogP contribution >= 0.6 is 11.3 Å². The molecule has 0 unspecified atom stereocenters. The number of hydrazone groups is 2. The number of hydrogen-bond acceptors (Lipinski definition) is 26. The molecule has 34 nitrogen and oxygen atoms in total. The maximum absolute atomic E-state index is 13.3. The molecule has 143 heavy (non-hydrogen) atoms. The largest absolute Gasteiger partial charge is 0.497 e. The summed E-state index contributed by atoms with van der Waals surface area (Å²) in [5, 5.41) is 33.0. The Hall–Kier alpha value is -17.8. The third-order valence-corrected chi connectivity index (χ3v) is 23.1. The summed E-state index contributed by atoms with van der Waals surface area (Å²) in [6.07, 6.45) is 18.7. The molecule has 0 spiro atoms. The Kier molecular flexibility index (Phi) is 39.6. The van der Waals surface area contributed by atoms with E-state index in [-0.39, 0.29) is 46.0 Å². The third-order valence-electron chi connectivity index (χ3n) is 20.5. The summed E-state index contributed by atoms with van der Waals surface area (Å²) in [6.45, 7) is 7.47. The molecule has 0 bridgehead atoms. The van der Waals surface area contributed by atoms with E-state index in [9.17, 15) is 42.0 Å². The zero-order valence-corrected chi connectivity index (χ0v) is 80.6. The number of fused-ring (bicyclic) bond motifs is 2. The van der Waals surface area contributed by atoms with Crippen LogP contribution in [0.5, 0.6) is 40.2 Å². The number of anilines is 4. The van der Waals surface area contributed by atoms with E-state index in [1.165, 1.54) is 65.6 Å². The van der Waals surface area contributed by atoms with Gasteiger partial charge in [0.2, 0.25) is 21.8 Å². The molecule has 7 amide bonds. The number of methoxy groups -OCH3 is 4. The predicted molar refractivity (Wildman–Crippen MR) is 545 cm³/mol. The summed E-state index contributed by atoms with van der Waals surface area (Å²) < 4.78 is 89.7. The van der Waals surface area contributed by atoms with Gasteiger partial charge in [-0.2, -0.15) is 15.3 Å². The van der Waals surface area contributed by atoms with E-state index >= 15 is 0 Å². The van der Waals surface area contributed by atoms with Gasteiger partial charge in [0, 0.05) is 59.5 Å². The van der Waals surface area contributed by atoms with E-state index < -0.39 is 22.5 Å². The first kappa shape index (κ1) is 104. The molecule has 1 aliphatic carbocycles. The second-order valence-electron chi connectivity index (χ2n) is 30.5. The fraction of sp³-hybridized carbons (Fsp3) is 0.159. The molecule has 0 saturated heterocycles. The number of sulfonamides is 1. The minimum atomic E-state index is -3.87. The summed E-state index contributed by atoms with van der Waals surface area (Å²) >= 11 is 1.70. The second kappa shape index (κ2) is 54.4. The Morgan fingerprint density at radius 2 is 1.17 bits per heavy atom. The van der Waals surface area contributed by atoms with Crippen molar-refractivity contribution in [1.82, 2.24) is 36.4 Å². The lowest BCUT2D eigenvalue weighted by Gasteiger charge is -2.18. The van der Waals surface area contributed by atoms with E-state index in [1.807, 2.05) is 141 Å². The van der Waals surface area contributed by atoms with Crippen LogP contribution in [0.15, 0.2) is 347 Å². The van der Waals surface area contributed by atoms with Gasteiger partial charge >= 0.3 is 0 Å². The maximum atomic E-state index is 13.3. The zero-order valence-electron chi connectivity index (χ0n) is 79.0. The molecule has 736 valence electrons. The predicted octanol–water partition coefficient (Wildman–Crippen LogP) is 18.4. The number of H-pyrrole nitrogens is 1. The van der Waals surface area contributed by atoms with Crippen LogP contribution in [0.2, 0.25) is 0 Å². The molecule has 17 rings (SSSR count). The summed E-state index contributed by atoms with van der Waals surface area (Å²) in [5.74, 6) is 5.44. The first-order valence-electron chi connectivity index (χ1n) is 44.8. The number of ether oxygens (including phenoxy) is 7. The third kappa shape index (κ3) is 32.7. The quantitative estimate of drug-likeness (QED) is 0.0102. The van der Waals surface area contributed by atoms with E-state index in [0.29, 0.717) is 142 Å². The highest BCUT2D eigenvalue weighted by Crippen LogP contribution is 2.41. The normalized spacial score (nSPS) is 11.7. The molecule has 7 aromatic heterocycles. The minimum absolute atomic E-state index is 0.0244. The van der Waals surface area contributed by atoms with Crippen molar-refractivity contribution < 1.29 is 97.2 Å². The average Bonchev–Trinajstić information content (AvgIpc) is 1.65. The van der Waals surface area contributed by atoms with Crippen LogP contribution in [-0.2, 0) is 55.0 Å². The lowest BCUT2D eigenvalue weighted by Crippen LogP contribution is -2.35. The number of rotatable bonds is 34. The highest BCUT2D eigenvalue weighted by atomic mass is 32.2. The Morgan fingerprint density at radius 1 is 0.545 bits per heavy atom. The zero-order chi connectivity index (χ0) is 101. The molecule has 0 saturated carbocycles. The number of aryl methyl sites for hydroxylation is 2. The van der Waals surface area contributed by atoms with E-state index in [2.05, 4.69) is 73.9 Å². The molecule has 36 heteroatoms. The highest BCUT2D eigenvalue weighted by Gasteiger charge is 2.28. The molecule has 0 radical (unpaired) electrons. The van der Waals surface area contributed by atoms with Crippen molar-refractivity contribution in [2.24, 2.45) is 10.2 Å². The van der Waals surface area contributed by atoms with Crippen LogP contribution in [0, 0.1) is 6.92 Å². The van der Waals surface area contributed by atoms with Crippen LogP contribution in [0.4, 0.5) is 22.1 Å². The SMILES string of the molecule is C/C(=N\NC(=O)c1cc(-c2ccccc2)n[nH]1)c1ccco1.CCOc1ccccc1NC(=O)c1c(NCc2cccc(OC)c2)sc2c1CCC2.COc1ccc(OC)c(NC(=O)/C=C/c2ccc(C)o2)c1.COc1ccccc1NC(=O)/C=C\c1ccco1.O=C(CNS(=O)(=O)c1ccc2c(c1)OCCO2)N/N=C/c1ccco1.O=C(NCCc1ccccc1)/C(=C\c1ccco1)NC(=O)c1ccccc1. The van der Waals surface area contributed by atoms with Crippen LogP contribution < -0.4 is 80.6 Å². The molecule has 0 fully saturated rings. The molecule has 2 aliphatic rings. The van der Waals surface area contributed by atoms with Gasteiger partial charge < -0.3 is 87.1 Å². The maximum Gasteiger partial charge on any atom is 0.289 e. The molecular formula is C107H105N13O21S2. The van der Waals surface area contributed by atoms with Crippen LogP contribution in [0.25, 0.3) is 29.5 Å². The molecule has 0 atom stereocenters. The smallest absolute Gasteiger partial charge is 0.289 e. The van der Waals surface area contributed by atoms with Crippen LogP contribution in [0.1, 0.15) is 108 Å². The Morgan fingerprint density at radius 3 is 1.84 bits per heavy atom. The van der Waals surface area contributed by atoms with Gasteiger partial charge in [-0.3, -0.25) is 38.7 Å². The van der Waals surface area contributed by atoms with Gasteiger partial charge in [0.15, 0.2) is 11.5 Å². The van der Waals surface area contributed by atoms with Gasteiger partial charge in [0.05, 0.1) is 106 Å². The van der Waals surface area contributed by atoms with Crippen LogP contribution in [0.3, 0.4) is 0 Å². The van der Waals surface area contributed by atoms with E-state index in [1.54, 1.807) is 187 Å². The van der Waals surface area contributed by atoms with Gasteiger partial charge in [-0.25, -0.2) is 24.0 Å². The summed E-state index contributed by atoms with van der Waals surface area (Å²) in [5.41, 5.74) is 13.9. The van der Waals surface area contributed by atoms with Crippen molar-refractivity contribution in [2.45, 2.75) is 57.9 Å². The highest BCUT2D eigenvalue weighted by molar-refractivity contribution is 7.89. The monoisotopic (exact) mass is 1970 g/mol. The number of para-hydroxylation sites is 4. The Bertz CT molecular complexity index is 6940. The topological polar surface area (TPSA) is 446 Å². The minimum Gasteiger partial charge on any atom is -0.497 e. The first-order valence-corrected chi connectivity index (χ1v) is 47.1. The summed E-state index contributed by atoms with van der Waals surface area (Å²) in [7, 11) is 2.45. The average molecular weight is 1970 g/mol. The van der Waals surface area contributed by atoms with Gasteiger partial charge in [-0.05, 0) is 215 Å². The molecule has 15 aromatic rings. The Balaban J connectivity index is 0.000000154. The lowest BCUT2D eigenvalue weighted by molar-refractivity contribution is -0.120. The number of thiophene rings is 1. The number of carbonyl (C=O) groups excluding carboxylic acids is 7. The van der Waals surface area contributed by atoms with Crippen molar-refractivity contribution in [3.05, 3.63) is 383 Å². The number of nitrogens with zero attached hydrogens (tertiary/aromatic N) is 3. The Labute approximate surface area is 828 Å². The number of furan rings is 5. The first-order chi connectivity index (χ1) is 69.6. The number of nitrogens with one attached hydrogen (secondary N) is 10. The number of amides is 7. The van der Waals surface area contributed by atoms with Crippen molar-refractivity contribution in [1.29, 1.82) is 0 Å². The van der Waals surface area contributed by atoms with Crippen LogP contribution in [-0.4, -0.2) is 133 Å². The number of benzene rings is 8. The number of aromatic nitrogens is 2. The molecule has 1 aliphatic heterocycles. The fourth-order valence-electron chi connectivity index (χ4n) is 13.5. The second-order valence-corrected chi connectivity index (χ2v) is 33.4. The molecular weight excluding hydrogens is 1870 g/mol. The number of carbonyl (C=O) groups is 7. The van der Waals surface area contributed by atoms with E-state index in [4.69, 9.17) is 55.2 Å². The van der Waals surface area contributed by atoms with Crippen molar-refractivity contribution in [3.8, 4) is 51.5 Å². The fourth-order valence-corrected chi connectivity index (χ4v) is 15.8. The van der Waals surface area contributed by atoms with Crippen molar-refractivity contribution in [3.63, 3.8) is 0 Å². The van der Waals surface area contributed by atoms with E-state index in [0.717, 1.165) is 58.0 Å². The van der Waals surface area contributed by atoms with Gasteiger partial charge in [0.25, 0.3) is 29.5 Å². The van der Waals surface area contributed by atoms with Crippen molar-refractivity contribution >= 4 is 115 Å². The number of hydrogen-bond donors (Lipinski definition) is 10. The molecule has 10 N–H and O–H groups in total. The number of aromatic amines is 1. The van der Waals surface area contributed by atoms with Crippen molar-refractivity contribution in [2.75, 3.05) is 82.6 Å². The molecule has 8 aromatic carbocycles. The van der Waals surface area contributed by atoms with Gasteiger partial charge in [0.1, 0.15) is 98.6 Å².